The zero-order valence-electron chi connectivity index (χ0n) is 10.5. The highest BCUT2D eigenvalue weighted by Crippen LogP contribution is 2.40. The minimum absolute atomic E-state index is 0.224. The van der Waals surface area contributed by atoms with Crippen molar-refractivity contribution in [3.8, 4) is 0 Å². The molecule has 1 saturated heterocycles. The predicted molar refractivity (Wildman–Crippen MR) is 68.3 cm³/mol. The summed E-state index contributed by atoms with van der Waals surface area (Å²) >= 11 is 0. The monoisotopic (exact) mass is 269 g/mol. The lowest BCUT2D eigenvalue weighted by Crippen LogP contribution is -2.37. The van der Waals surface area contributed by atoms with Gasteiger partial charge in [-0.15, -0.1) is 0 Å². The van der Waals surface area contributed by atoms with Gasteiger partial charge in [0.2, 0.25) is 10.0 Å². The standard InChI is InChI=1S/C12H19N3O2S/c1-14-8-12(5-11(14)6-13)18(16,17)15-7-9-2-3-10(15)4-9/h5,8-10H,2-4,6-7,13H2,1H3. The quantitative estimate of drug-likeness (QED) is 0.876. The summed E-state index contributed by atoms with van der Waals surface area (Å²) in [6.07, 6.45) is 4.90. The van der Waals surface area contributed by atoms with Gasteiger partial charge in [-0.25, -0.2) is 8.42 Å². The van der Waals surface area contributed by atoms with Gasteiger partial charge in [0, 0.05) is 38.1 Å². The second-order valence-electron chi connectivity index (χ2n) is 5.39. The molecule has 3 rings (SSSR count). The molecule has 2 bridgehead atoms. The molecule has 1 aliphatic carbocycles. The molecule has 1 aromatic rings. The van der Waals surface area contributed by atoms with Crippen LogP contribution in [0, 0.1) is 5.92 Å². The van der Waals surface area contributed by atoms with E-state index in [9.17, 15) is 8.42 Å². The smallest absolute Gasteiger partial charge is 0.244 e. The summed E-state index contributed by atoms with van der Waals surface area (Å²) in [5.41, 5.74) is 6.44. The van der Waals surface area contributed by atoms with Crippen molar-refractivity contribution >= 4 is 10.0 Å². The average molecular weight is 269 g/mol. The Balaban J connectivity index is 1.94. The molecule has 5 nitrogen and oxygen atoms in total. The molecule has 2 unspecified atom stereocenters. The van der Waals surface area contributed by atoms with Crippen LogP contribution in [0.2, 0.25) is 0 Å². The van der Waals surface area contributed by atoms with Crippen molar-refractivity contribution in [2.75, 3.05) is 6.54 Å². The molecule has 1 aliphatic heterocycles. The van der Waals surface area contributed by atoms with E-state index in [0.717, 1.165) is 18.5 Å². The summed E-state index contributed by atoms with van der Waals surface area (Å²) in [5, 5.41) is 0. The van der Waals surface area contributed by atoms with Gasteiger partial charge >= 0.3 is 0 Å². The van der Waals surface area contributed by atoms with Gasteiger partial charge in [-0.1, -0.05) is 0 Å². The highest BCUT2D eigenvalue weighted by atomic mass is 32.2. The van der Waals surface area contributed by atoms with Gasteiger partial charge < -0.3 is 10.3 Å². The molecule has 100 valence electrons. The van der Waals surface area contributed by atoms with E-state index in [4.69, 9.17) is 5.73 Å². The molecule has 2 atom stereocenters. The number of nitrogens with zero attached hydrogens (tertiary/aromatic N) is 2. The fraction of sp³-hybridized carbons (Fsp3) is 0.667. The number of sulfonamides is 1. The Labute approximate surface area is 108 Å². The lowest BCUT2D eigenvalue weighted by atomic mass is 10.1. The summed E-state index contributed by atoms with van der Waals surface area (Å²) in [6.45, 7) is 1.05. The lowest BCUT2D eigenvalue weighted by molar-refractivity contribution is 0.333. The van der Waals surface area contributed by atoms with E-state index < -0.39 is 10.0 Å². The fourth-order valence-corrected chi connectivity index (χ4v) is 5.07. The van der Waals surface area contributed by atoms with Crippen LogP contribution >= 0.6 is 0 Å². The summed E-state index contributed by atoms with van der Waals surface area (Å²) in [6, 6.07) is 1.92. The Kier molecular flexibility index (Phi) is 2.76. The van der Waals surface area contributed by atoms with Crippen molar-refractivity contribution in [1.82, 2.24) is 8.87 Å². The van der Waals surface area contributed by atoms with Gasteiger partial charge in [-0.05, 0) is 31.2 Å². The molecular weight excluding hydrogens is 250 g/mol. The van der Waals surface area contributed by atoms with Crippen LogP contribution in [-0.4, -0.2) is 29.9 Å². The minimum Gasteiger partial charge on any atom is -0.352 e. The second kappa shape index (κ2) is 4.08. The van der Waals surface area contributed by atoms with Crippen LogP contribution in [0.1, 0.15) is 25.0 Å². The highest BCUT2D eigenvalue weighted by molar-refractivity contribution is 7.89. The Morgan fingerprint density at radius 2 is 2.22 bits per heavy atom. The first-order valence-corrected chi connectivity index (χ1v) is 7.83. The van der Waals surface area contributed by atoms with Gasteiger partial charge in [0.25, 0.3) is 0 Å². The Hall–Kier alpha value is -0.850. The molecule has 1 aromatic heterocycles. The third kappa shape index (κ3) is 1.71. The van der Waals surface area contributed by atoms with Crippen molar-refractivity contribution in [3.63, 3.8) is 0 Å². The molecule has 18 heavy (non-hydrogen) atoms. The molecule has 2 N–H and O–H groups in total. The number of aromatic nitrogens is 1. The maximum atomic E-state index is 12.6. The summed E-state index contributed by atoms with van der Waals surface area (Å²) in [5.74, 6) is 0.572. The van der Waals surface area contributed by atoms with Crippen molar-refractivity contribution in [1.29, 1.82) is 0 Å². The molecule has 1 saturated carbocycles. The van der Waals surface area contributed by atoms with Crippen molar-refractivity contribution in [2.24, 2.45) is 18.7 Å². The zero-order valence-corrected chi connectivity index (χ0v) is 11.4. The predicted octanol–water partition coefficient (Wildman–Crippen LogP) is 0.657. The van der Waals surface area contributed by atoms with E-state index >= 15 is 0 Å². The molecule has 0 aromatic carbocycles. The molecule has 0 amide bonds. The van der Waals surface area contributed by atoms with Crippen molar-refractivity contribution < 1.29 is 8.42 Å². The third-order valence-corrected chi connectivity index (χ3v) is 6.14. The van der Waals surface area contributed by atoms with Crippen LogP contribution < -0.4 is 5.73 Å². The molecular formula is C12H19N3O2S. The number of piperidine rings is 1. The highest BCUT2D eigenvalue weighted by Gasteiger charge is 2.44. The molecule has 2 heterocycles. The van der Waals surface area contributed by atoms with Gasteiger partial charge in [0.15, 0.2) is 0 Å². The van der Waals surface area contributed by atoms with E-state index in [-0.39, 0.29) is 6.04 Å². The first-order valence-electron chi connectivity index (χ1n) is 6.39. The number of hydrogen-bond acceptors (Lipinski definition) is 3. The molecule has 2 aliphatic rings. The summed E-state index contributed by atoms with van der Waals surface area (Å²) < 4.78 is 28.6. The largest absolute Gasteiger partial charge is 0.352 e. The van der Waals surface area contributed by atoms with Crippen LogP contribution in [-0.2, 0) is 23.6 Å². The Morgan fingerprint density at radius 1 is 1.44 bits per heavy atom. The average Bonchev–Trinajstić information content (AvgIpc) is 3.02. The minimum atomic E-state index is -3.32. The van der Waals surface area contributed by atoms with E-state index in [1.165, 1.54) is 6.42 Å². The van der Waals surface area contributed by atoms with Gasteiger partial charge in [-0.2, -0.15) is 4.31 Å². The number of nitrogens with two attached hydrogens (primary N) is 1. The maximum absolute atomic E-state index is 12.6. The maximum Gasteiger partial charge on any atom is 0.244 e. The van der Waals surface area contributed by atoms with E-state index in [0.29, 0.717) is 23.9 Å². The van der Waals surface area contributed by atoms with Crippen molar-refractivity contribution in [3.05, 3.63) is 18.0 Å². The molecule has 0 spiro atoms. The fourth-order valence-electron chi connectivity index (χ4n) is 3.23. The van der Waals surface area contributed by atoms with E-state index in [2.05, 4.69) is 0 Å². The third-order valence-electron chi connectivity index (χ3n) is 4.26. The van der Waals surface area contributed by atoms with Crippen LogP contribution in [0.15, 0.2) is 17.2 Å². The Bertz CT molecular complexity index is 564. The van der Waals surface area contributed by atoms with Crippen molar-refractivity contribution in [2.45, 2.75) is 36.7 Å². The van der Waals surface area contributed by atoms with Crippen LogP contribution in [0.4, 0.5) is 0 Å². The Morgan fingerprint density at radius 3 is 2.72 bits per heavy atom. The normalized spacial score (nSPS) is 28.1. The first-order chi connectivity index (χ1) is 8.52. The summed E-state index contributed by atoms with van der Waals surface area (Å²) in [4.78, 5) is 0.387. The number of fused-ring (bicyclic) bond motifs is 2. The van der Waals surface area contributed by atoms with Gasteiger partial charge in [0.05, 0.1) is 0 Å². The molecule has 0 radical (unpaired) electrons. The van der Waals surface area contributed by atoms with Crippen LogP contribution in [0.3, 0.4) is 0 Å². The lowest BCUT2D eigenvalue weighted by Gasteiger charge is -2.25. The molecule has 2 fully saturated rings. The van der Waals surface area contributed by atoms with Gasteiger partial charge in [0.1, 0.15) is 4.90 Å². The zero-order chi connectivity index (χ0) is 12.9. The van der Waals surface area contributed by atoms with E-state index in [1.54, 1.807) is 21.1 Å². The first kappa shape index (κ1) is 12.2. The summed E-state index contributed by atoms with van der Waals surface area (Å²) in [7, 11) is -1.49. The number of aryl methyl sites for hydroxylation is 1. The second-order valence-corrected chi connectivity index (χ2v) is 7.28. The molecule has 6 heteroatoms. The SMILES string of the molecule is Cn1cc(S(=O)(=O)N2CC3CCC2C3)cc1CN. The number of rotatable bonds is 3. The number of hydrogen-bond donors (Lipinski definition) is 1. The van der Waals surface area contributed by atoms with Gasteiger partial charge in [-0.3, -0.25) is 0 Å². The topological polar surface area (TPSA) is 68.3 Å². The van der Waals surface area contributed by atoms with Crippen LogP contribution in [0.25, 0.3) is 0 Å². The van der Waals surface area contributed by atoms with Crippen LogP contribution in [0.5, 0.6) is 0 Å². The van der Waals surface area contributed by atoms with E-state index in [1.807, 2.05) is 7.05 Å².